The molecule has 0 atom stereocenters. The van der Waals surface area contributed by atoms with E-state index in [2.05, 4.69) is 23.7 Å². The van der Waals surface area contributed by atoms with Crippen LogP contribution < -0.4 is 10.1 Å². The van der Waals surface area contributed by atoms with Crippen LogP contribution in [0, 0.1) is 0 Å². The molecule has 0 aliphatic heterocycles. The molecule has 2 nitrogen and oxygen atoms in total. The van der Waals surface area contributed by atoms with Crippen molar-refractivity contribution in [2.24, 2.45) is 0 Å². The summed E-state index contributed by atoms with van der Waals surface area (Å²) in [5.41, 5.74) is 1.15. The highest BCUT2D eigenvalue weighted by Gasteiger charge is 1.95. The highest BCUT2D eigenvalue weighted by molar-refractivity contribution is 7.98. The fraction of sp³-hybridized carbons (Fsp3) is 0.538. The quantitative estimate of drug-likeness (QED) is 0.700. The average Bonchev–Trinajstić information content (AvgIpc) is 2.30. The van der Waals surface area contributed by atoms with Gasteiger partial charge in [0.25, 0.3) is 0 Å². The van der Waals surface area contributed by atoms with Gasteiger partial charge in [-0.1, -0.05) is 6.07 Å². The minimum Gasteiger partial charge on any atom is -0.494 e. The van der Waals surface area contributed by atoms with Gasteiger partial charge in [-0.2, -0.15) is 11.8 Å². The Kier molecular flexibility index (Phi) is 6.90. The zero-order valence-corrected chi connectivity index (χ0v) is 11.0. The minimum atomic E-state index is 0.719. The molecule has 1 N–H and O–H groups in total. The van der Waals surface area contributed by atoms with Crippen LogP contribution in [0.2, 0.25) is 0 Å². The van der Waals surface area contributed by atoms with Crippen LogP contribution in [0.15, 0.2) is 24.3 Å². The highest BCUT2D eigenvalue weighted by atomic mass is 32.2. The maximum atomic E-state index is 5.45. The molecule has 0 saturated heterocycles. The Morgan fingerprint density at radius 2 is 2.19 bits per heavy atom. The number of hydrogen-bond acceptors (Lipinski definition) is 3. The summed E-state index contributed by atoms with van der Waals surface area (Å²) in [5.74, 6) is 2.19. The Bertz CT molecular complexity index is 291. The normalized spacial score (nSPS) is 10.1. The average molecular weight is 239 g/mol. The third-order valence-electron chi connectivity index (χ3n) is 2.25. The molecule has 3 heteroatoms. The van der Waals surface area contributed by atoms with Crippen LogP contribution in [0.25, 0.3) is 0 Å². The second-order valence-electron chi connectivity index (χ2n) is 3.59. The predicted octanol–water partition coefficient (Wildman–Crippen LogP) is 3.64. The first-order valence-electron chi connectivity index (χ1n) is 5.82. The molecule has 0 aromatic heterocycles. The van der Waals surface area contributed by atoms with E-state index < -0.39 is 0 Å². The highest BCUT2D eigenvalue weighted by Crippen LogP contribution is 2.17. The Morgan fingerprint density at radius 1 is 1.31 bits per heavy atom. The van der Waals surface area contributed by atoms with Crippen LogP contribution in [-0.2, 0) is 0 Å². The van der Waals surface area contributed by atoms with Crippen LogP contribution >= 0.6 is 11.8 Å². The Labute approximate surface area is 103 Å². The second kappa shape index (κ2) is 8.34. The summed E-state index contributed by atoms with van der Waals surface area (Å²) in [6.45, 7) is 3.76. The number of nitrogens with one attached hydrogen (secondary N) is 1. The van der Waals surface area contributed by atoms with Gasteiger partial charge in [-0.05, 0) is 43.9 Å². The Morgan fingerprint density at radius 3 is 2.94 bits per heavy atom. The maximum absolute atomic E-state index is 5.45. The predicted molar refractivity (Wildman–Crippen MR) is 73.7 cm³/mol. The molecule has 1 aromatic carbocycles. The summed E-state index contributed by atoms with van der Waals surface area (Å²) in [6.07, 6.45) is 4.65. The first-order valence-corrected chi connectivity index (χ1v) is 7.22. The Balaban J connectivity index is 2.27. The fourth-order valence-electron chi connectivity index (χ4n) is 1.47. The lowest BCUT2D eigenvalue weighted by Crippen LogP contribution is -2.02. The molecule has 0 heterocycles. The van der Waals surface area contributed by atoms with Crippen molar-refractivity contribution in [1.29, 1.82) is 0 Å². The van der Waals surface area contributed by atoms with Gasteiger partial charge >= 0.3 is 0 Å². The molecule has 16 heavy (non-hydrogen) atoms. The van der Waals surface area contributed by atoms with E-state index in [9.17, 15) is 0 Å². The molecule has 0 radical (unpaired) electrons. The number of thioether (sulfide) groups is 1. The summed E-state index contributed by atoms with van der Waals surface area (Å²) < 4.78 is 5.45. The van der Waals surface area contributed by atoms with Crippen molar-refractivity contribution in [3.8, 4) is 5.75 Å². The molecule has 0 aliphatic rings. The monoisotopic (exact) mass is 239 g/mol. The van der Waals surface area contributed by atoms with Crippen molar-refractivity contribution in [2.75, 3.05) is 30.5 Å². The number of anilines is 1. The van der Waals surface area contributed by atoms with Gasteiger partial charge in [0.2, 0.25) is 0 Å². The third-order valence-corrected chi connectivity index (χ3v) is 2.95. The van der Waals surface area contributed by atoms with Crippen LogP contribution in [-0.4, -0.2) is 25.2 Å². The summed E-state index contributed by atoms with van der Waals surface area (Å²) in [4.78, 5) is 0. The number of unbranched alkanes of at least 4 members (excludes halogenated alkanes) is 1. The molecular formula is C13H21NOS. The van der Waals surface area contributed by atoms with Gasteiger partial charge in [-0.3, -0.25) is 0 Å². The molecule has 90 valence electrons. The van der Waals surface area contributed by atoms with Gasteiger partial charge < -0.3 is 10.1 Å². The summed E-state index contributed by atoms with van der Waals surface area (Å²) in [7, 11) is 0. The first-order chi connectivity index (χ1) is 7.86. The van der Waals surface area contributed by atoms with Crippen molar-refractivity contribution in [3.05, 3.63) is 24.3 Å². The van der Waals surface area contributed by atoms with E-state index in [1.54, 1.807) is 0 Å². The van der Waals surface area contributed by atoms with Crippen LogP contribution in [0.3, 0.4) is 0 Å². The Hall–Kier alpha value is -0.830. The van der Waals surface area contributed by atoms with Crippen molar-refractivity contribution >= 4 is 17.4 Å². The molecule has 0 fully saturated rings. The van der Waals surface area contributed by atoms with E-state index in [4.69, 9.17) is 4.74 Å². The number of hydrogen-bond donors (Lipinski definition) is 1. The lowest BCUT2D eigenvalue weighted by molar-refractivity contribution is 0.340. The van der Waals surface area contributed by atoms with Gasteiger partial charge in [0, 0.05) is 18.3 Å². The minimum absolute atomic E-state index is 0.719. The summed E-state index contributed by atoms with van der Waals surface area (Å²) >= 11 is 1.91. The zero-order valence-electron chi connectivity index (χ0n) is 10.2. The van der Waals surface area contributed by atoms with E-state index in [0.717, 1.165) is 24.6 Å². The number of benzene rings is 1. The smallest absolute Gasteiger partial charge is 0.121 e. The van der Waals surface area contributed by atoms with Crippen LogP contribution in [0.1, 0.15) is 19.8 Å². The van der Waals surface area contributed by atoms with Gasteiger partial charge in [-0.25, -0.2) is 0 Å². The second-order valence-corrected chi connectivity index (χ2v) is 4.57. The van der Waals surface area contributed by atoms with Crippen LogP contribution in [0.5, 0.6) is 5.75 Å². The van der Waals surface area contributed by atoms with Crippen molar-refractivity contribution < 1.29 is 4.74 Å². The summed E-state index contributed by atoms with van der Waals surface area (Å²) in [6, 6.07) is 8.15. The molecule has 1 aromatic rings. The van der Waals surface area contributed by atoms with Gasteiger partial charge in [-0.15, -0.1) is 0 Å². The van der Waals surface area contributed by atoms with Gasteiger partial charge in [0.1, 0.15) is 5.75 Å². The van der Waals surface area contributed by atoms with E-state index >= 15 is 0 Å². The molecular weight excluding hydrogens is 218 g/mol. The van der Waals surface area contributed by atoms with Gasteiger partial charge in [0.05, 0.1) is 6.61 Å². The van der Waals surface area contributed by atoms with E-state index in [-0.39, 0.29) is 0 Å². The molecule has 0 spiro atoms. The topological polar surface area (TPSA) is 21.3 Å². The van der Waals surface area contributed by atoms with Crippen LogP contribution in [0.4, 0.5) is 5.69 Å². The fourth-order valence-corrected chi connectivity index (χ4v) is 1.96. The van der Waals surface area contributed by atoms with E-state index in [1.807, 2.05) is 30.8 Å². The lowest BCUT2D eigenvalue weighted by Gasteiger charge is -2.08. The molecule has 0 aliphatic carbocycles. The van der Waals surface area contributed by atoms with Crippen molar-refractivity contribution in [3.63, 3.8) is 0 Å². The lowest BCUT2D eigenvalue weighted by atomic mass is 10.3. The zero-order chi connectivity index (χ0) is 11.6. The molecule has 0 saturated carbocycles. The third kappa shape index (κ3) is 5.31. The van der Waals surface area contributed by atoms with E-state index in [1.165, 1.54) is 18.6 Å². The number of rotatable bonds is 8. The van der Waals surface area contributed by atoms with Crippen molar-refractivity contribution in [2.45, 2.75) is 19.8 Å². The number of ether oxygens (including phenoxy) is 1. The molecule has 0 amide bonds. The molecule has 0 unspecified atom stereocenters. The van der Waals surface area contributed by atoms with E-state index in [0.29, 0.717) is 0 Å². The summed E-state index contributed by atoms with van der Waals surface area (Å²) in [5, 5.41) is 3.41. The van der Waals surface area contributed by atoms with Gasteiger partial charge in [0.15, 0.2) is 0 Å². The standard InChI is InChI=1S/C13H21NOS/c1-3-15-13-8-6-7-12(11-13)14-9-4-5-10-16-2/h6-8,11,14H,3-5,9-10H2,1-2H3. The molecule has 0 bridgehead atoms. The first kappa shape index (κ1) is 13.2. The van der Waals surface area contributed by atoms with Crippen molar-refractivity contribution in [1.82, 2.24) is 0 Å². The maximum Gasteiger partial charge on any atom is 0.121 e. The largest absolute Gasteiger partial charge is 0.494 e. The SMILES string of the molecule is CCOc1cccc(NCCCCSC)c1. The molecule has 1 rings (SSSR count).